The molecule has 2 amide bonds. The molecule has 2 aromatic rings. The number of esters is 1. The van der Waals surface area contributed by atoms with Crippen LogP contribution in [-0.4, -0.2) is 81.3 Å². The first-order valence-electron chi connectivity index (χ1n) is 11.0. The number of amides is 2. The first-order valence-corrected chi connectivity index (χ1v) is 12.4. The molecule has 0 bridgehead atoms. The Hall–Kier alpha value is -3.44. The minimum atomic E-state index is -4.03. The summed E-state index contributed by atoms with van der Waals surface area (Å²) in [5.41, 5.74) is 0.740. The van der Waals surface area contributed by atoms with Gasteiger partial charge in [-0.1, -0.05) is 30.3 Å². The van der Waals surface area contributed by atoms with E-state index in [1.54, 1.807) is 42.5 Å². The van der Waals surface area contributed by atoms with Crippen LogP contribution in [0.2, 0.25) is 0 Å². The van der Waals surface area contributed by atoms with Gasteiger partial charge in [0.05, 0.1) is 19.1 Å². The van der Waals surface area contributed by atoms with E-state index in [1.165, 1.54) is 38.2 Å². The van der Waals surface area contributed by atoms with Crippen LogP contribution in [0.5, 0.6) is 5.75 Å². The van der Waals surface area contributed by atoms with Gasteiger partial charge in [0, 0.05) is 33.0 Å². The van der Waals surface area contributed by atoms with E-state index in [0.717, 1.165) is 9.87 Å². The SMILES string of the molecule is COC(=O)C(Cc1ccc(OC)cc1)NC(=O)C1CN(C(C)=O)CCN1S(=O)(=O)c1ccccc1. The molecule has 0 spiro atoms. The molecule has 0 saturated carbocycles. The first-order chi connectivity index (χ1) is 16.7. The number of carbonyl (C=O) groups excluding carboxylic acids is 3. The molecular weight excluding hydrogens is 474 g/mol. The number of benzene rings is 2. The summed E-state index contributed by atoms with van der Waals surface area (Å²) in [4.78, 5) is 39.3. The van der Waals surface area contributed by atoms with Crippen molar-refractivity contribution in [2.24, 2.45) is 0 Å². The summed E-state index contributed by atoms with van der Waals surface area (Å²) in [7, 11) is -1.28. The second kappa shape index (κ2) is 11.3. The van der Waals surface area contributed by atoms with Gasteiger partial charge in [0.2, 0.25) is 21.8 Å². The number of piperazine rings is 1. The van der Waals surface area contributed by atoms with Crippen LogP contribution < -0.4 is 10.1 Å². The van der Waals surface area contributed by atoms with Crippen LogP contribution in [0.25, 0.3) is 0 Å². The molecule has 1 fully saturated rings. The summed E-state index contributed by atoms with van der Waals surface area (Å²) in [5.74, 6) is -1.01. The molecular formula is C24H29N3O7S. The Labute approximate surface area is 204 Å². The van der Waals surface area contributed by atoms with Crippen LogP contribution in [0.4, 0.5) is 0 Å². The van der Waals surface area contributed by atoms with Gasteiger partial charge in [0.25, 0.3) is 0 Å². The maximum atomic E-state index is 13.4. The molecule has 10 nitrogen and oxygen atoms in total. The highest BCUT2D eigenvalue weighted by Gasteiger charge is 2.41. The number of sulfonamides is 1. The van der Waals surface area contributed by atoms with Crippen LogP contribution in [0, 0.1) is 0 Å². The van der Waals surface area contributed by atoms with Crippen molar-refractivity contribution in [2.75, 3.05) is 33.9 Å². The number of hydrogen-bond donors (Lipinski definition) is 1. The Morgan fingerprint density at radius 1 is 1.03 bits per heavy atom. The lowest BCUT2D eigenvalue weighted by Gasteiger charge is -2.39. The van der Waals surface area contributed by atoms with Gasteiger partial charge in [0.15, 0.2) is 0 Å². The highest BCUT2D eigenvalue weighted by atomic mass is 32.2. The Balaban J connectivity index is 1.87. The van der Waals surface area contributed by atoms with Gasteiger partial charge < -0.3 is 19.7 Å². The maximum absolute atomic E-state index is 13.4. The molecule has 0 radical (unpaired) electrons. The van der Waals surface area contributed by atoms with E-state index in [-0.39, 0.29) is 36.9 Å². The van der Waals surface area contributed by atoms with Gasteiger partial charge >= 0.3 is 5.97 Å². The third-order valence-electron chi connectivity index (χ3n) is 5.83. The number of methoxy groups -OCH3 is 2. The molecule has 3 rings (SSSR count). The second-order valence-corrected chi connectivity index (χ2v) is 9.94. The van der Waals surface area contributed by atoms with Gasteiger partial charge in [-0.3, -0.25) is 9.59 Å². The fourth-order valence-corrected chi connectivity index (χ4v) is 5.47. The molecule has 188 valence electrons. The molecule has 0 aliphatic carbocycles. The van der Waals surface area contributed by atoms with Crippen molar-refractivity contribution in [3.8, 4) is 5.75 Å². The predicted octanol–water partition coefficient (Wildman–Crippen LogP) is 0.817. The molecule has 2 atom stereocenters. The third kappa shape index (κ3) is 6.17. The zero-order chi connectivity index (χ0) is 25.6. The Morgan fingerprint density at radius 3 is 2.26 bits per heavy atom. The molecule has 35 heavy (non-hydrogen) atoms. The van der Waals surface area contributed by atoms with E-state index in [9.17, 15) is 22.8 Å². The van der Waals surface area contributed by atoms with Crippen LogP contribution in [0.1, 0.15) is 12.5 Å². The molecule has 1 saturated heterocycles. The minimum absolute atomic E-state index is 0.0387. The second-order valence-electron chi connectivity index (χ2n) is 8.05. The average molecular weight is 504 g/mol. The Morgan fingerprint density at radius 2 is 1.69 bits per heavy atom. The zero-order valence-corrected chi connectivity index (χ0v) is 20.7. The van der Waals surface area contributed by atoms with Gasteiger partial charge in [0.1, 0.15) is 17.8 Å². The van der Waals surface area contributed by atoms with E-state index in [4.69, 9.17) is 9.47 Å². The molecule has 1 aliphatic rings. The van der Waals surface area contributed by atoms with E-state index in [2.05, 4.69) is 5.32 Å². The van der Waals surface area contributed by atoms with Gasteiger partial charge in [-0.15, -0.1) is 0 Å². The molecule has 0 aromatic heterocycles. The standard InChI is InChI=1S/C24H29N3O7S/c1-17(28)26-13-14-27(35(31,32)20-7-5-4-6-8-20)22(16-26)23(29)25-21(24(30)34-3)15-18-9-11-19(33-2)12-10-18/h4-12,21-22H,13-16H2,1-3H3,(H,25,29). The highest BCUT2D eigenvalue weighted by Crippen LogP contribution is 2.22. The van der Waals surface area contributed by atoms with Crippen LogP contribution in [-0.2, 0) is 35.6 Å². The number of ether oxygens (including phenoxy) is 2. The lowest BCUT2D eigenvalue weighted by atomic mass is 10.0. The number of nitrogens with one attached hydrogen (secondary N) is 1. The van der Waals surface area contributed by atoms with E-state index >= 15 is 0 Å². The maximum Gasteiger partial charge on any atom is 0.328 e. The van der Waals surface area contributed by atoms with Gasteiger partial charge in [-0.05, 0) is 29.8 Å². The lowest BCUT2D eigenvalue weighted by Crippen LogP contribution is -2.62. The van der Waals surface area contributed by atoms with Crippen molar-refractivity contribution in [1.29, 1.82) is 0 Å². The molecule has 2 unspecified atom stereocenters. The van der Waals surface area contributed by atoms with Crippen molar-refractivity contribution < 1.29 is 32.3 Å². The molecule has 11 heteroatoms. The summed E-state index contributed by atoms with van der Waals surface area (Å²) >= 11 is 0. The number of carbonyl (C=O) groups is 3. The highest BCUT2D eigenvalue weighted by molar-refractivity contribution is 7.89. The average Bonchev–Trinajstić information content (AvgIpc) is 2.88. The fourth-order valence-electron chi connectivity index (χ4n) is 3.88. The monoisotopic (exact) mass is 503 g/mol. The topological polar surface area (TPSA) is 122 Å². The van der Waals surface area contributed by atoms with Crippen molar-refractivity contribution in [3.05, 3.63) is 60.2 Å². The quantitative estimate of drug-likeness (QED) is 0.529. The van der Waals surface area contributed by atoms with Gasteiger partial charge in [-0.25, -0.2) is 13.2 Å². The van der Waals surface area contributed by atoms with Crippen LogP contribution in [0.15, 0.2) is 59.5 Å². The van der Waals surface area contributed by atoms with E-state index in [0.29, 0.717) is 5.75 Å². The molecule has 1 heterocycles. The largest absolute Gasteiger partial charge is 0.497 e. The number of hydrogen-bond acceptors (Lipinski definition) is 7. The zero-order valence-electron chi connectivity index (χ0n) is 19.8. The van der Waals surface area contributed by atoms with E-state index in [1.807, 2.05) is 0 Å². The number of nitrogens with zero attached hydrogens (tertiary/aromatic N) is 2. The smallest absolute Gasteiger partial charge is 0.328 e. The summed E-state index contributed by atoms with van der Waals surface area (Å²) in [5, 5.41) is 2.64. The van der Waals surface area contributed by atoms with Gasteiger partial charge in [-0.2, -0.15) is 4.31 Å². The Bertz CT molecular complexity index is 1150. The number of rotatable bonds is 8. The summed E-state index contributed by atoms with van der Waals surface area (Å²) < 4.78 is 37.8. The predicted molar refractivity (Wildman–Crippen MR) is 127 cm³/mol. The third-order valence-corrected chi connectivity index (χ3v) is 7.75. The van der Waals surface area contributed by atoms with Crippen LogP contribution in [0.3, 0.4) is 0 Å². The summed E-state index contributed by atoms with van der Waals surface area (Å²) in [6.07, 6.45) is 0.122. The Kier molecular flexibility index (Phi) is 8.47. The minimum Gasteiger partial charge on any atom is -0.497 e. The lowest BCUT2D eigenvalue weighted by molar-refractivity contribution is -0.146. The summed E-state index contributed by atoms with van der Waals surface area (Å²) in [6.45, 7) is 1.31. The summed E-state index contributed by atoms with van der Waals surface area (Å²) in [6, 6.07) is 12.5. The normalized spacial score (nSPS) is 17.3. The first kappa shape index (κ1) is 26.2. The van der Waals surface area contributed by atoms with Crippen molar-refractivity contribution >= 4 is 27.8 Å². The molecule has 1 N–H and O–H groups in total. The molecule has 2 aromatic carbocycles. The van der Waals surface area contributed by atoms with Crippen molar-refractivity contribution in [1.82, 2.24) is 14.5 Å². The molecule has 1 aliphatic heterocycles. The van der Waals surface area contributed by atoms with E-state index < -0.39 is 34.0 Å². The van der Waals surface area contributed by atoms with Crippen molar-refractivity contribution in [3.63, 3.8) is 0 Å². The van der Waals surface area contributed by atoms with Crippen LogP contribution >= 0.6 is 0 Å². The van der Waals surface area contributed by atoms with Crippen molar-refractivity contribution in [2.45, 2.75) is 30.3 Å². The fraction of sp³-hybridized carbons (Fsp3) is 0.375.